The lowest BCUT2D eigenvalue weighted by Crippen LogP contribution is -2.23. The summed E-state index contributed by atoms with van der Waals surface area (Å²) in [6.07, 6.45) is 0.796. The summed E-state index contributed by atoms with van der Waals surface area (Å²) >= 11 is 0. The summed E-state index contributed by atoms with van der Waals surface area (Å²) in [4.78, 5) is 0. The van der Waals surface area contributed by atoms with Gasteiger partial charge in [0.15, 0.2) is 0 Å². The lowest BCUT2D eigenvalue weighted by Gasteiger charge is -2.10. The monoisotopic (exact) mass is 142 g/mol. The minimum atomic E-state index is 0.398. The number of rotatable bonds is 0. The van der Waals surface area contributed by atoms with Crippen LogP contribution in [0.5, 0.6) is 0 Å². The van der Waals surface area contributed by atoms with Crippen molar-refractivity contribution >= 4 is 0 Å². The molecule has 0 N–H and O–H groups in total. The van der Waals surface area contributed by atoms with E-state index >= 15 is 0 Å². The van der Waals surface area contributed by atoms with E-state index in [1.807, 2.05) is 0 Å². The molecule has 58 valence electrons. The third-order valence-corrected chi connectivity index (χ3v) is 2.55. The predicted molar refractivity (Wildman–Crippen MR) is 37.8 cm³/mol. The molecule has 1 unspecified atom stereocenters. The molecular weight excluding hydrogens is 128 g/mol. The zero-order valence-corrected chi connectivity index (χ0v) is 6.54. The molecule has 4 atom stereocenters. The van der Waals surface area contributed by atoms with Gasteiger partial charge in [-0.2, -0.15) is 0 Å². The molecule has 2 saturated heterocycles. The average Bonchev–Trinajstić information content (AvgIpc) is 2.41. The van der Waals surface area contributed by atoms with Gasteiger partial charge in [-0.1, -0.05) is 13.8 Å². The van der Waals surface area contributed by atoms with Crippen LogP contribution in [0.1, 0.15) is 13.8 Å². The van der Waals surface area contributed by atoms with Gasteiger partial charge in [-0.25, -0.2) is 0 Å². The second kappa shape index (κ2) is 2.21. The smallest absolute Gasteiger partial charge is 0.0887 e. The van der Waals surface area contributed by atoms with Crippen molar-refractivity contribution in [3.8, 4) is 0 Å². The number of fused-ring (bicyclic) bond motifs is 1. The number of ether oxygens (including phenoxy) is 2. The van der Waals surface area contributed by atoms with Crippen LogP contribution in [0.25, 0.3) is 0 Å². The molecule has 0 bridgehead atoms. The van der Waals surface area contributed by atoms with Crippen molar-refractivity contribution in [1.29, 1.82) is 0 Å². The van der Waals surface area contributed by atoms with E-state index in [0.29, 0.717) is 24.0 Å². The van der Waals surface area contributed by atoms with Crippen LogP contribution in [0.4, 0.5) is 0 Å². The van der Waals surface area contributed by atoms with Gasteiger partial charge in [-0.05, 0) is 0 Å². The van der Waals surface area contributed by atoms with E-state index in [1.54, 1.807) is 0 Å². The first kappa shape index (κ1) is 6.62. The Morgan fingerprint density at radius 1 is 0.900 bits per heavy atom. The molecular formula is C8H14O2. The van der Waals surface area contributed by atoms with Gasteiger partial charge >= 0.3 is 0 Å². The molecule has 2 fully saturated rings. The summed E-state index contributed by atoms with van der Waals surface area (Å²) in [7, 11) is 0. The van der Waals surface area contributed by atoms with Gasteiger partial charge in [-0.3, -0.25) is 0 Å². The maximum Gasteiger partial charge on any atom is 0.0887 e. The number of hydrogen-bond acceptors (Lipinski definition) is 2. The van der Waals surface area contributed by atoms with E-state index in [-0.39, 0.29) is 0 Å². The molecule has 0 aromatic heterocycles. The highest BCUT2D eigenvalue weighted by Gasteiger charge is 2.43. The molecule has 0 aromatic carbocycles. The molecule has 0 spiro atoms. The molecule has 2 heteroatoms. The van der Waals surface area contributed by atoms with Crippen LogP contribution in [-0.2, 0) is 9.47 Å². The van der Waals surface area contributed by atoms with Gasteiger partial charge in [0.1, 0.15) is 0 Å². The van der Waals surface area contributed by atoms with Crippen molar-refractivity contribution in [2.24, 2.45) is 11.8 Å². The average molecular weight is 142 g/mol. The van der Waals surface area contributed by atoms with Crippen molar-refractivity contribution in [2.75, 3.05) is 13.2 Å². The van der Waals surface area contributed by atoms with E-state index in [0.717, 1.165) is 13.2 Å². The van der Waals surface area contributed by atoms with Crippen LogP contribution in [0, 0.1) is 11.8 Å². The molecule has 0 saturated carbocycles. The van der Waals surface area contributed by atoms with Gasteiger partial charge in [0.05, 0.1) is 25.4 Å². The van der Waals surface area contributed by atoms with Gasteiger partial charge < -0.3 is 9.47 Å². The Morgan fingerprint density at radius 3 is 1.70 bits per heavy atom. The summed E-state index contributed by atoms with van der Waals surface area (Å²) in [5, 5.41) is 0. The first-order valence-electron chi connectivity index (χ1n) is 4.02. The van der Waals surface area contributed by atoms with Gasteiger partial charge in [0.25, 0.3) is 0 Å². The largest absolute Gasteiger partial charge is 0.375 e. The van der Waals surface area contributed by atoms with Gasteiger partial charge in [0, 0.05) is 11.8 Å². The van der Waals surface area contributed by atoms with E-state index in [9.17, 15) is 0 Å². The Morgan fingerprint density at radius 2 is 1.30 bits per heavy atom. The summed E-state index contributed by atoms with van der Waals surface area (Å²) in [5.41, 5.74) is 0. The van der Waals surface area contributed by atoms with Crippen LogP contribution < -0.4 is 0 Å². The van der Waals surface area contributed by atoms with Crippen LogP contribution in [0.2, 0.25) is 0 Å². The fraction of sp³-hybridized carbons (Fsp3) is 1.00. The number of hydrogen-bond donors (Lipinski definition) is 0. The maximum absolute atomic E-state index is 5.58. The van der Waals surface area contributed by atoms with E-state index in [2.05, 4.69) is 13.8 Å². The SMILES string of the molecule is C[C@@H]1COC2[C@@H](C)CO[C@@H]21. The van der Waals surface area contributed by atoms with Crippen molar-refractivity contribution in [2.45, 2.75) is 26.1 Å². The molecule has 2 nitrogen and oxygen atoms in total. The van der Waals surface area contributed by atoms with Crippen molar-refractivity contribution in [3.63, 3.8) is 0 Å². The highest BCUT2D eigenvalue weighted by molar-refractivity contribution is 4.90. The highest BCUT2D eigenvalue weighted by atomic mass is 16.6. The summed E-state index contributed by atoms with van der Waals surface area (Å²) < 4.78 is 11.2. The third kappa shape index (κ3) is 0.789. The molecule has 2 heterocycles. The quantitative estimate of drug-likeness (QED) is 0.503. The van der Waals surface area contributed by atoms with Gasteiger partial charge in [0.2, 0.25) is 0 Å². The second-order valence-corrected chi connectivity index (χ2v) is 3.55. The molecule has 2 aliphatic rings. The van der Waals surface area contributed by atoms with Crippen LogP contribution in [-0.4, -0.2) is 25.4 Å². The van der Waals surface area contributed by atoms with Crippen molar-refractivity contribution < 1.29 is 9.47 Å². The minimum Gasteiger partial charge on any atom is -0.375 e. The zero-order chi connectivity index (χ0) is 7.14. The van der Waals surface area contributed by atoms with Crippen LogP contribution >= 0.6 is 0 Å². The normalized spacial score (nSPS) is 53.4. The van der Waals surface area contributed by atoms with Crippen LogP contribution in [0.3, 0.4) is 0 Å². The minimum absolute atomic E-state index is 0.398. The molecule has 10 heavy (non-hydrogen) atoms. The summed E-state index contributed by atoms with van der Waals surface area (Å²) in [6.45, 7) is 6.17. The highest BCUT2D eigenvalue weighted by Crippen LogP contribution is 2.33. The van der Waals surface area contributed by atoms with E-state index in [1.165, 1.54) is 0 Å². The Labute approximate surface area is 61.5 Å². The van der Waals surface area contributed by atoms with Crippen LogP contribution in [0.15, 0.2) is 0 Å². The first-order chi connectivity index (χ1) is 4.79. The standard InChI is InChI=1S/C8H14O2/c1-5-3-9-8-6(2)4-10-7(5)8/h5-8H,3-4H2,1-2H3/t5-,6+,7-,8?/m1/s1. The molecule has 0 radical (unpaired) electrons. The lowest BCUT2D eigenvalue weighted by atomic mass is 9.99. The van der Waals surface area contributed by atoms with Gasteiger partial charge in [-0.15, -0.1) is 0 Å². The Kier molecular flexibility index (Phi) is 1.46. The van der Waals surface area contributed by atoms with E-state index in [4.69, 9.17) is 9.47 Å². The topological polar surface area (TPSA) is 18.5 Å². The zero-order valence-electron chi connectivity index (χ0n) is 6.54. The summed E-state index contributed by atoms with van der Waals surface area (Å²) in [6, 6.07) is 0. The van der Waals surface area contributed by atoms with Crippen molar-refractivity contribution in [1.82, 2.24) is 0 Å². The fourth-order valence-corrected chi connectivity index (χ4v) is 1.88. The first-order valence-corrected chi connectivity index (χ1v) is 4.02. The molecule has 2 aliphatic heterocycles. The predicted octanol–water partition coefficient (Wildman–Crippen LogP) is 1.06. The fourth-order valence-electron chi connectivity index (χ4n) is 1.88. The Balaban J connectivity index is 2.09. The second-order valence-electron chi connectivity index (χ2n) is 3.55. The maximum atomic E-state index is 5.58. The third-order valence-electron chi connectivity index (χ3n) is 2.55. The Hall–Kier alpha value is -0.0800. The molecule has 0 aliphatic carbocycles. The lowest BCUT2D eigenvalue weighted by molar-refractivity contribution is 0.0627. The van der Waals surface area contributed by atoms with E-state index < -0.39 is 0 Å². The summed E-state index contributed by atoms with van der Waals surface area (Å²) in [5.74, 6) is 1.21. The van der Waals surface area contributed by atoms with Crippen molar-refractivity contribution in [3.05, 3.63) is 0 Å². The Bertz CT molecular complexity index is 119. The molecule has 2 rings (SSSR count). The molecule has 0 aromatic rings. The molecule has 0 amide bonds.